The maximum Gasteiger partial charge on any atom is 0.212 e. The maximum atomic E-state index is 9.76. The molecule has 2 rings (SSSR count). The summed E-state index contributed by atoms with van der Waals surface area (Å²) in [6, 6.07) is 7.30. The summed E-state index contributed by atoms with van der Waals surface area (Å²) in [5.74, 6) is 0. The summed E-state index contributed by atoms with van der Waals surface area (Å²) in [7, 11) is 0. The fourth-order valence-corrected chi connectivity index (χ4v) is 1.91. The first kappa shape index (κ1) is 15.2. The van der Waals surface area contributed by atoms with Crippen LogP contribution in [0.5, 0.6) is 0 Å². The van der Waals surface area contributed by atoms with Gasteiger partial charge in [0.15, 0.2) is 0 Å². The predicted octanol–water partition coefficient (Wildman–Crippen LogP) is -0.862. The molecule has 1 aliphatic rings. The van der Waals surface area contributed by atoms with Gasteiger partial charge in [-0.2, -0.15) is 0 Å². The molecule has 1 aromatic carbocycles. The van der Waals surface area contributed by atoms with Crippen molar-refractivity contribution in [1.82, 2.24) is 0 Å². The molecule has 5 atom stereocenters. The Hall–Kier alpha value is -1.22. The van der Waals surface area contributed by atoms with Crippen molar-refractivity contribution in [3.05, 3.63) is 29.8 Å². The van der Waals surface area contributed by atoms with Crippen LogP contribution in [0.15, 0.2) is 24.3 Å². The lowest BCUT2D eigenvalue weighted by atomic mass is 9.99. The molecule has 20 heavy (non-hydrogen) atoms. The number of aliphatic hydroxyl groups is 4. The molecule has 0 amide bonds. The summed E-state index contributed by atoms with van der Waals surface area (Å²) in [5.41, 5.74) is 4.33. The molecular weight excluding hydrogens is 266 g/mol. The van der Waals surface area contributed by atoms with Crippen LogP contribution in [0.3, 0.4) is 0 Å². The molecule has 0 aromatic heterocycles. The Labute approximate surface area is 116 Å². The highest BCUT2D eigenvalue weighted by molar-refractivity contribution is 5.42. The molecule has 3 unspecified atom stereocenters. The second-order valence-electron chi connectivity index (χ2n) is 4.78. The summed E-state index contributed by atoms with van der Waals surface area (Å²) in [6.45, 7) is 1.46. The number of nitrogens with one attached hydrogen (secondary N) is 1. The summed E-state index contributed by atoms with van der Waals surface area (Å²) < 4.78 is 5.18. The minimum Gasteiger partial charge on any atom is -0.394 e. The second kappa shape index (κ2) is 6.49. The quantitative estimate of drug-likeness (QED) is 0.458. The first-order valence-corrected chi connectivity index (χ1v) is 6.32. The van der Waals surface area contributed by atoms with Crippen LogP contribution < -0.4 is 5.48 Å². The van der Waals surface area contributed by atoms with Crippen LogP contribution in [0, 0.1) is 6.92 Å². The number of aryl methyl sites for hydroxylation is 1. The third-order valence-electron chi connectivity index (χ3n) is 3.19. The van der Waals surface area contributed by atoms with Gasteiger partial charge in [-0.25, -0.2) is 4.84 Å². The third kappa shape index (κ3) is 3.26. The van der Waals surface area contributed by atoms with Gasteiger partial charge in [0.2, 0.25) is 6.29 Å². The number of anilines is 1. The van der Waals surface area contributed by atoms with Gasteiger partial charge in [-0.15, -0.1) is 0 Å². The van der Waals surface area contributed by atoms with E-state index >= 15 is 0 Å². The van der Waals surface area contributed by atoms with Gasteiger partial charge in [-0.3, -0.25) is 5.48 Å². The van der Waals surface area contributed by atoms with Gasteiger partial charge < -0.3 is 25.2 Å². The monoisotopic (exact) mass is 285 g/mol. The van der Waals surface area contributed by atoms with Gasteiger partial charge in [-0.05, 0) is 19.1 Å². The van der Waals surface area contributed by atoms with Gasteiger partial charge in [0.05, 0.1) is 12.3 Å². The smallest absolute Gasteiger partial charge is 0.212 e. The summed E-state index contributed by atoms with van der Waals surface area (Å²) in [5, 5.41) is 38.0. The first-order chi connectivity index (χ1) is 9.52. The van der Waals surface area contributed by atoms with E-state index in [0.717, 1.165) is 5.56 Å². The molecule has 1 fully saturated rings. The van der Waals surface area contributed by atoms with Crippen LogP contribution in [-0.2, 0) is 9.57 Å². The molecular formula is C13H19NO6. The number of benzene rings is 1. The average Bonchev–Trinajstić information content (AvgIpc) is 2.46. The summed E-state index contributed by atoms with van der Waals surface area (Å²) in [6.07, 6.45) is -6.46. The zero-order chi connectivity index (χ0) is 14.7. The van der Waals surface area contributed by atoms with E-state index in [-0.39, 0.29) is 0 Å². The van der Waals surface area contributed by atoms with E-state index in [1.165, 1.54) is 0 Å². The third-order valence-corrected chi connectivity index (χ3v) is 3.19. The van der Waals surface area contributed by atoms with Crippen molar-refractivity contribution in [2.75, 3.05) is 12.1 Å². The molecule has 1 heterocycles. The van der Waals surface area contributed by atoms with Crippen LogP contribution in [0.25, 0.3) is 0 Å². The molecule has 112 valence electrons. The minimum atomic E-state index is -1.45. The molecule has 1 aromatic rings. The van der Waals surface area contributed by atoms with E-state index in [9.17, 15) is 15.3 Å². The number of rotatable bonds is 4. The Morgan fingerprint density at radius 2 is 1.75 bits per heavy atom. The van der Waals surface area contributed by atoms with Crippen molar-refractivity contribution in [2.45, 2.75) is 37.6 Å². The molecule has 0 bridgehead atoms. The van der Waals surface area contributed by atoms with E-state index in [0.29, 0.717) is 5.69 Å². The van der Waals surface area contributed by atoms with E-state index < -0.39 is 37.3 Å². The fraction of sp³-hybridized carbons (Fsp3) is 0.538. The number of hydrogen-bond donors (Lipinski definition) is 5. The zero-order valence-corrected chi connectivity index (χ0v) is 11.0. The highest BCUT2D eigenvalue weighted by Crippen LogP contribution is 2.22. The molecule has 7 nitrogen and oxygen atoms in total. The number of aliphatic hydroxyl groups excluding tert-OH is 4. The largest absolute Gasteiger partial charge is 0.394 e. The zero-order valence-electron chi connectivity index (χ0n) is 11.0. The van der Waals surface area contributed by atoms with Gasteiger partial charge in [0.1, 0.15) is 24.4 Å². The van der Waals surface area contributed by atoms with E-state index in [1.807, 2.05) is 19.1 Å². The molecule has 0 spiro atoms. The fourth-order valence-electron chi connectivity index (χ4n) is 1.91. The van der Waals surface area contributed by atoms with Crippen molar-refractivity contribution in [2.24, 2.45) is 0 Å². The highest BCUT2D eigenvalue weighted by atomic mass is 16.8. The lowest BCUT2D eigenvalue weighted by molar-refractivity contribution is -0.294. The molecule has 0 saturated carbocycles. The van der Waals surface area contributed by atoms with Gasteiger partial charge in [0, 0.05) is 0 Å². The normalized spacial score (nSPS) is 34.0. The van der Waals surface area contributed by atoms with Crippen molar-refractivity contribution in [3.63, 3.8) is 0 Å². The highest BCUT2D eigenvalue weighted by Gasteiger charge is 2.44. The summed E-state index contributed by atoms with van der Waals surface area (Å²) in [4.78, 5) is 5.17. The van der Waals surface area contributed by atoms with Gasteiger partial charge >= 0.3 is 0 Å². The van der Waals surface area contributed by atoms with Crippen LogP contribution in [0.1, 0.15) is 5.56 Å². The van der Waals surface area contributed by atoms with Crippen LogP contribution in [0.2, 0.25) is 0 Å². The van der Waals surface area contributed by atoms with Crippen molar-refractivity contribution in [3.8, 4) is 0 Å². The second-order valence-corrected chi connectivity index (χ2v) is 4.78. The standard InChI is InChI=1S/C13H19NO6/c1-7-2-4-8(5-3-7)14-20-13-12(18)11(17)10(16)9(6-15)19-13/h2-5,9-18H,6H2,1H3/t9?,10-,11?,12-,13?/m1/s1. The van der Waals surface area contributed by atoms with Crippen LogP contribution >= 0.6 is 0 Å². The minimum absolute atomic E-state index is 0.491. The average molecular weight is 285 g/mol. The van der Waals surface area contributed by atoms with Gasteiger partial charge in [-0.1, -0.05) is 17.7 Å². The molecule has 0 radical (unpaired) electrons. The molecule has 7 heteroatoms. The molecule has 1 aliphatic heterocycles. The van der Waals surface area contributed by atoms with Gasteiger partial charge in [0.25, 0.3) is 0 Å². The number of hydrogen-bond acceptors (Lipinski definition) is 7. The Morgan fingerprint density at radius 1 is 1.10 bits per heavy atom. The topological polar surface area (TPSA) is 111 Å². The molecule has 0 aliphatic carbocycles. The van der Waals surface area contributed by atoms with Crippen LogP contribution in [0.4, 0.5) is 5.69 Å². The van der Waals surface area contributed by atoms with Crippen molar-refractivity contribution in [1.29, 1.82) is 0 Å². The first-order valence-electron chi connectivity index (χ1n) is 6.32. The maximum absolute atomic E-state index is 9.76. The Kier molecular flexibility index (Phi) is 4.92. The predicted molar refractivity (Wildman–Crippen MR) is 69.7 cm³/mol. The van der Waals surface area contributed by atoms with E-state index in [4.69, 9.17) is 14.7 Å². The SMILES string of the molecule is Cc1ccc(NOC2OC(CO)[C@@H](O)C(O)[C@H]2O)cc1. The Morgan fingerprint density at radius 3 is 2.35 bits per heavy atom. The summed E-state index contributed by atoms with van der Waals surface area (Å²) >= 11 is 0. The van der Waals surface area contributed by atoms with E-state index in [2.05, 4.69) is 5.48 Å². The Bertz CT molecular complexity index is 423. The molecule has 1 saturated heterocycles. The van der Waals surface area contributed by atoms with Crippen molar-refractivity contribution >= 4 is 5.69 Å². The molecule has 5 N–H and O–H groups in total. The number of ether oxygens (including phenoxy) is 1. The van der Waals surface area contributed by atoms with Crippen LogP contribution in [-0.4, -0.2) is 57.7 Å². The van der Waals surface area contributed by atoms with E-state index in [1.54, 1.807) is 12.1 Å². The lowest BCUT2D eigenvalue weighted by Crippen LogP contribution is -2.59. The van der Waals surface area contributed by atoms with Crippen molar-refractivity contribution < 1.29 is 30.0 Å². The lowest BCUT2D eigenvalue weighted by Gasteiger charge is -2.39. The Balaban J connectivity index is 1.95.